The molecule has 1 N–H and O–H groups in total. The van der Waals surface area contributed by atoms with Gasteiger partial charge in [-0.3, -0.25) is 9.59 Å². The molecule has 2 rings (SSSR count). The van der Waals surface area contributed by atoms with Crippen molar-refractivity contribution in [3.8, 4) is 0 Å². The third-order valence-electron chi connectivity index (χ3n) is 5.17. The summed E-state index contributed by atoms with van der Waals surface area (Å²) in [5.74, 6) is 0.309. The summed E-state index contributed by atoms with van der Waals surface area (Å²) in [7, 11) is 0. The van der Waals surface area contributed by atoms with Gasteiger partial charge in [0.1, 0.15) is 0 Å². The van der Waals surface area contributed by atoms with Gasteiger partial charge in [0, 0.05) is 24.5 Å². The number of likely N-dealkylation sites (tertiary alicyclic amines) is 1. The highest BCUT2D eigenvalue weighted by atomic mass is 16.2. The number of nitrogens with one attached hydrogen (secondary N) is 1. The number of hydrogen-bond acceptors (Lipinski definition) is 2. The molecule has 0 aromatic heterocycles. The average Bonchev–Trinajstić information content (AvgIpc) is 2.48. The predicted octanol–water partition coefficient (Wildman–Crippen LogP) is 3.50. The van der Waals surface area contributed by atoms with Crippen LogP contribution in [0.2, 0.25) is 0 Å². The van der Waals surface area contributed by atoms with Crippen LogP contribution in [-0.2, 0) is 9.59 Å². The lowest BCUT2D eigenvalue weighted by molar-refractivity contribution is -0.142. The molecular weight excluding hydrogens is 288 g/mol. The van der Waals surface area contributed by atoms with Crippen molar-refractivity contribution in [2.24, 2.45) is 11.3 Å². The number of carbonyl (C=O) groups excluding carboxylic acids is 2. The highest BCUT2D eigenvalue weighted by Gasteiger charge is 2.33. The first-order chi connectivity index (χ1) is 10.9. The lowest BCUT2D eigenvalue weighted by Crippen LogP contribution is -2.50. The van der Waals surface area contributed by atoms with Crippen LogP contribution in [0.4, 0.5) is 0 Å². The van der Waals surface area contributed by atoms with Gasteiger partial charge in [-0.15, -0.1) is 0 Å². The van der Waals surface area contributed by atoms with E-state index in [2.05, 4.69) is 5.32 Å². The lowest BCUT2D eigenvalue weighted by atomic mass is 9.90. The van der Waals surface area contributed by atoms with E-state index < -0.39 is 0 Å². The fraction of sp³-hybridized carbons (Fsp3) is 0.895. The average molecular weight is 322 g/mol. The first-order valence-electron chi connectivity index (χ1n) is 9.47. The van der Waals surface area contributed by atoms with Crippen LogP contribution >= 0.6 is 0 Å². The van der Waals surface area contributed by atoms with E-state index >= 15 is 0 Å². The quantitative estimate of drug-likeness (QED) is 0.846. The van der Waals surface area contributed by atoms with Crippen molar-refractivity contribution < 1.29 is 9.59 Å². The molecule has 0 bridgehead atoms. The summed E-state index contributed by atoms with van der Waals surface area (Å²) < 4.78 is 0. The Balaban J connectivity index is 1.87. The monoisotopic (exact) mass is 322 g/mol. The summed E-state index contributed by atoms with van der Waals surface area (Å²) in [4.78, 5) is 27.0. The second kappa shape index (κ2) is 8.16. The smallest absolute Gasteiger partial charge is 0.227 e. The van der Waals surface area contributed by atoms with Crippen molar-refractivity contribution >= 4 is 11.8 Å². The molecule has 0 spiro atoms. The summed E-state index contributed by atoms with van der Waals surface area (Å²) in [6, 6.07) is 0.344. The summed E-state index contributed by atoms with van der Waals surface area (Å²) in [6.07, 6.45) is 10.5. The Morgan fingerprint density at radius 1 is 0.913 bits per heavy atom. The zero-order valence-electron chi connectivity index (χ0n) is 15.2. The number of piperidine rings is 1. The van der Waals surface area contributed by atoms with Gasteiger partial charge in [-0.05, 0) is 25.7 Å². The number of rotatable bonds is 2. The highest BCUT2D eigenvalue weighted by Crippen LogP contribution is 2.24. The van der Waals surface area contributed by atoms with Crippen molar-refractivity contribution in [3.05, 3.63) is 0 Å². The molecule has 4 nitrogen and oxygen atoms in total. The predicted molar refractivity (Wildman–Crippen MR) is 93.0 cm³/mol. The molecule has 2 fully saturated rings. The van der Waals surface area contributed by atoms with Crippen LogP contribution in [0.1, 0.15) is 78.6 Å². The topological polar surface area (TPSA) is 49.4 Å². The van der Waals surface area contributed by atoms with Crippen LogP contribution in [0, 0.1) is 11.3 Å². The molecule has 2 amide bonds. The number of carbonyl (C=O) groups is 2. The van der Waals surface area contributed by atoms with Crippen molar-refractivity contribution in [2.45, 2.75) is 84.6 Å². The minimum atomic E-state index is -0.363. The van der Waals surface area contributed by atoms with Crippen molar-refractivity contribution in [2.75, 3.05) is 13.1 Å². The first-order valence-corrected chi connectivity index (χ1v) is 9.47. The second-order valence-corrected chi connectivity index (χ2v) is 8.39. The maximum Gasteiger partial charge on any atom is 0.227 e. The highest BCUT2D eigenvalue weighted by molar-refractivity contribution is 5.84. The standard InChI is InChI=1S/C19H34N2O2/c1-19(2,3)18(23)21-13-9-10-15(14-21)17(22)20-16-11-7-5-4-6-8-12-16/h15-16H,4-14H2,1-3H3,(H,20,22)/t15-/m1/s1. The number of hydrogen-bond donors (Lipinski definition) is 1. The first kappa shape index (κ1) is 18.3. The third-order valence-corrected chi connectivity index (χ3v) is 5.17. The molecule has 0 radical (unpaired) electrons. The van der Waals surface area contributed by atoms with Gasteiger partial charge in [-0.2, -0.15) is 0 Å². The van der Waals surface area contributed by atoms with E-state index in [9.17, 15) is 9.59 Å². The van der Waals surface area contributed by atoms with Crippen LogP contribution in [0.25, 0.3) is 0 Å². The fourth-order valence-electron chi connectivity index (χ4n) is 3.77. The Morgan fingerprint density at radius 3 is 2.13 bits per heavy atom. The van der Waals surface area contributed by atoms with Crippen molar-refractivity contribution in [1.29, 1.82) is 0 Å². The van der Waals surface area contributed by atoms with Crippen LogP contribution in [0.3, 0.4) is 0 Å². The van der Waals surface area contributed by atoms with Crippen molar-refractivity contribution in [3.63, 3.8) is 0 Å². The van der Waals surface area contributed by atoms with Crippen LogP contribution in [0.15, 0.2) is 0 Å². The molecule has 132 valence electrons. The molecule has 2 aliphatic rings. The van der Waals surface area contributed by atoms with Gasteiger partial charge in [0.05, 0.1) is 5.92 Å². The Kier molecular flexibility index (Phi) is 6.49. The third kappa shape index (κ3) is 5.50. The lowest BCUT2D eigenvalue weighted by Gasteiger charge is -2.36. The van der Waals surface area contributed by atoms with Gasteiger partial charge >= 0.3 is 0 Å². The van der Waals surface area contributed by atoms with E-state index in [0.717, 1.165) is 32.2 Å². The van der Waals surface area contributed by atoms with E-state index in [-0.39, 0.29) is 23.1 Å². The summed E-state index contributed by atoms with van der Waals surface area (Å²) in [5, 5.41) is 3.28. The Labute approximate surface area is 141 Å². The van der Waals surface area contributed by atoms with E-state index in [4.69, 9.17) is 0 Å². The molecule has 23 heavy (non-hydrogen) atoms. The van der Waals surface area contributed by atoms with Gasteiger partial charge < -0.3 is 10.2 Å². The van der Waals surface area contributed by atoms with Crippen LogP contribution in [-0.4, -0.2) is 35.8 Å². The summed E-state index contributed by atoms with van der Waals surface area (Å²) in [6.45, 7) is 7.24. The van der Waals surface area contributed by atoms with Crippen LogP contribution in [0.5, 0.6) is 0 Å². The van der Waals surface area contributed by atoms with Crippen molar-refractivity contribution in [1.82, 2.24) is 10.2 Å². The van der Waals surface area contributed by atoms with Gasteiger partial charge in [0.25, 0.3) is 0 Å². The minimum Gasteiger partial charge on any atom is -0.353 e. The van der Waals surface area contributed by atoms with Gasteiger partial charge in [-0.25, -0.2) is 0 Å². The normalized spacial score (nSPS) is 24.7. The molecule has 1 heterocycles. The molecule has 0 aromatic carbocycles. The molecule has 4 heteroatoms. The van der Waals surface area contributed by atoms with Crippen LogP contribution < -0.4 is 5.32 Å². The fourth-order valence-corrected chi connectivity index (χ4v) is 3.77. The Bertz CT molecular complexity index is 406. The Hall–Kier alpha value is -1.06. The molecule has 1 saturated carbocycles. The molecule has 1 atom stereocenters. The number of amides is 2. The number of nitrogens with zero attached hydrogens (tertiary/aromatic N) is 1. The summed E-state index contributed by atoms with van der Waals surface area (Å²) in [5.41, 5.74) is -0.363. The molecule has 1 saturated heterocycles. The Morgan fingerprint density at radius 2 is 1.52 bits per heavy atom. The molecule has 0 unspecified atom stereocenters. The van der Waals surface area contributed by atoms with Gasteiger partial charge in [0.2, 0.25) is 11.8 Å². The second-order valence-electron chi connectivity index (χ2n) is 8.39. The van der Waals surface area contributed by atoms with E-state index in [0.29, 0.717) is 12.6 Å². The molecular formula is C19H34N2O2. The van der Waals surface area contributed by atoms with Gasteiger partial charge in [-0.1, -0.05) is 52.9 Å². The van der Waals surface area contributed by atoms with E-state index in [1.807, 2.05) is 25.7 Å². The van der Waals surface area contributed by atoms with E-state index in [1.165, 1.54) is 32.1 Å². The van der Waals surface area contributed by atoms with E-state index in [1.54, 1.807) is 0 Å². The molecule has 1 aliphatic heterocycles. The zero-order valence-corrected chi connectivity index (χ0v) is 15.2. The maximum absolute atomic E-state index is 12.6. The van der Waals surface area contributed by atoms with Gasteiger partial charge in [0.15, 0.2) is 0 Å². The SMILES string of the molecule is CC(C)(C)C(=O)N1CCC[C@@H](C(=O)NC2CCCCCCC2)C1. The zero-order chi connectivity index (χ0) is 16.9. The molecule has 0 aromatic rings. The summed E-state index contributed by atoms with van der Waals surface area (Å²) >= 11 is 0. The largest absolute Gasteiger partial charge is 0.353 e. The molecule has 1 aliphatic carbocycles. The maximum atomic E-state index is 12.6. The minimum absolute atomic E-state index is 0.0273.